The van der Waals surface area contributed by atoms with E-state index in [1.54, 1.807) is 13.0 Å². The van der Waals surface area contributed by atoms with E-state index in [4.69, 9.17) is 5.11 Å². The van der Waals surface area contributed by atoms with E-state index >= 15 is 0 Å². The van der Waals surface area contributed by atoms with Gasteiger partial charge in [0.1, 0.15) is 0 Å². The lowest BCUT2D eigenvalue weighted by molar-refractivity contribution is -0.132. The van der Waals surface area contributed by atoms with Crippen molar-refractivity contribution >= 4 is 34.6 Å². The van der Waals surface area contributed by atoms with Crippen LogP contribution in [0.4, 0.5) is 0 Å². The molecule has 0 aromatic heterocycles. The van der Waals surface area contributed by atoms with E-state index in [1.165, 1.54) is 0 Å². The second-order valence-corrected chi connectivity index (χ2v) is 3.93. The molecule has 0 atom stereocenters. The normalized spacial score (nSPS) is 11.4. The second-order valence-electron chi connectivity index (χ2n) is 2.68. The minimum atomic E-state index is -0.876. The minimum Gasteiger partial charge on any atom is -0.478 e. The van der Waals surface area contributed by atoms with E-state index in [0.29, 0.717) is 5.57 Å². The van der Waals surface area contributed by atoms with Crippen LogP contribution in [0.1, 0.15) is 12.5 Å². The zero-order chi connectivity index (χ0) is 9.84. The predicted molar refractivity (Wildman–Crippen MR) is 60.4 cm³/mol. The number of hydrogen-bond donors (Lipinski definition) is 1. The van der Waals surface area contributed by atoms with E-state index in [0.717, 1.165) is 9.13 Å². The van der Waals surface area contributed by atoms with Crippen molar-refractivity contribution in [2.24, 2.45) is 0 Å². The van der Waals surface area contributed by atoms with Gasteiger partial charge in [-0.2, -0.15) is 0 Å². The van der Waals surface area contributed by atoms with E-state index in [-0.39, 0.29) is 0 Å². The monoisotopic (exact) mass is 288 g/mol. The average Bonchev–Trinajstić information content (AvgIpc) is 2.08. The molecular formula is C10H9IO2. The maximum Gasteiger partial charge on any atom is 0.331 e. The van der Waals surface area contributed by atoms with Gasteiger partial charge in [-0.05, 0) is 53.3 Å². The number of hydrogen-bond acceptors (Lipinski definition) is 1. The van der Waals surface area contributed by atoms with E-state index in [1.807, 2.05) is 24.3 Å². The molecule has 0 aliphatic rings. The third-order valence-electron chi connectivity index (χ3n) is 1.59. The lowest BCUT2D eigenvalue weighted by Gasteiger charge is -1.95. The van der Waals surface area contributed by atoms with Gasteiger partial charge in [0.05, 0.1) is 0 Å². The molecule has 1 rings (SSSR count). The van der Waals surface area contributed by atoms with Crippen LogP contribution >= 0.6 is 22.6 Å². The Balaban J connectivity index is 2.92. The molecule has 0 bridgehead atoms. The van der Waals surface area contributed by atoms with Gasteiger partial charge in [0.15, 0.2) is 0 Å². The molecule has 1 aromatic carbocycles. The fraction of sp³-hybridized carbons (Fsp3) is 0.100. The van der Waals surface area contributed by atoms with Crippen molar-refractivity contribution in [2.75, 3.05) is 0 Å². The number of carboxylic acids is 1. The molecule has 68 valence electrons. The van der Waals surface area contributed by atoms with Crippen LogP contribution < -0.4 is 0 Å². The first-order valence-electron chi connectivity index (χ1n) is 3.77. The Morgan fingerprint density at radius 3 is 2.38 bits per heavy atom. The van der Waals surface area contributed by atoms with Crippen LogP contribution in [0.15, 0.2) is 29.8 Å². The highest BCUT2D eigenvalue weighted by Gasteiger charge is 1.98. The van der Waals surface area contributed by atoms with Crippen LogP contribution in [0.25, 0.3) is 6.08 Å². The summed E-state index contributed by atoms with van der Waals surface area (Å²) in [5.41, 5.74) is 1.27. The van der Waals surface area contributed by atoms with Gasteiger partial charge in [-0.3, -0.25) is 0 Å². The number of halogens is 1. The van der Waals surface area contributed by atoms with Crippen molar-refractivity contribution in [3.63, 3.8) is 0 Å². The highest BCUT2D eigenvalue weighted by molar-refractivity contribution is 14.1. The van der Waals surface area contributed by atoms with Crippen LogP contribution in [0.3, 0.4) is 0 Å². The van der Waals surface area contributed by atoms with E-state index < -0.39 is 5.97 Å². The smallest absolute Gasteiger partial charge is 0.331 e. The Kier molecular flexibility index (Phi) is 3.48. The SMILES string of the molecule is C/C(=C/c1ccc(I)cc1)C(=O)O. The number of rotatable bonds is 2. The van der Waals surface area contributed by atoms with Crippen molar-refractivity contribution in [3.8, 4) is 0 Å². The van der Waals surface area contributed by atoms with Gasteiger partial charge in [0.25, 0.3) is 0 Å². The first-order chi connectivity index (χ1) is 6.09. The van der Waals surface area contributed by atoms with Gasteiger partial charge in [-0.25, -0.2) is 4.79 Å². The quantitative estimate of drug-likeness (QED) is 0.671. The molecule has 0 unspecified atom stereocenters. The summed E-state index contributed by atoms with van der Waals surface area (Å²) in [5, 5.41) is 8.63. The van der Waals surface area contributed by atoms with E-state index in [2.05, 4.69) is 22.6 Å². The largest absolute Gasteiger partial charge is 0.478 e. The number of aliphatic carboxylic acids is 1. The van der Waals surface area contributed by atoms with Gasteiger partial charge >= 0.3 is 5.97 Å². The summed E-state index contributed by atoms with van der Waals surface area (Å²) in [7, 11) is 0. The Labute approximate surface area is 90.4 Å². The minimum absolute atomic E-state index is 0.348. The zero-order valence-corrected chi connectivity index (χ0v) is 9.28. The van der Waals surface area contributed by atoms with Crippen LogP contribution in [-0.4, -0.2) is 11.1 Å². The summed E-state index contributed by atoms with van der Waals surface area (Å²) < 4.78 is 1.14. The highest BCUT2D eigenvalue weighted by atomic mass is 127. The van der Waals surface area contributed by atoms with Gasteiger partial charge in [-0.1, -0.05) is 12.1 Å². The van der Waals surface area contributed by atoms with Crippen molar-refractivity contribution < 1.29 is 9.90 Å². The molecule has 0 amide bonds. The topological polar surface area (TPSA) is 37.3 Å². The Morgan fingerprint density at radius 1 is 1.38 bits per heavy atom. The maximum absolute atomic E-state index is 10.5. The van der Waals surface area contributed by atoms with Gasteiger partial charge in [0.2, 0.25) is 0 Å². The lowest BCUT2D eigenvalue weighted by atomic mass is 10.1. The van der Waals surface area contributed by atoms with Crippen LogP contribution in [0.2, 0.25) is 0 Å². The summed E-state index contributed by atoms with van der Waals surface area (Å²) in [5.74, 6) is -0.876. The molecule has 0 radical (unpaired) electrons. The summed E-state index contributed by atoms with van der Waals surface area (Å²) in [6, 6.07) is 7.69. The molecule has 0 aliphatic heterocycles. The third-order valence-corrected chi connectivity index (χ3v) is 2.31. The molecule has 1 N–H and O–H groups in total. The average molecular weight is 288 g/mol. The molecule has 1 aromatic rings. The first kappa shape index (κ1) is 10.2. The van der Waals surface area contributed by atoms with Crippen molar-refractivity contribution in [2.45, 2.75) is 6.92 Å². The summed E-state index contributed by atoms with van der Waals surface area (Å²) >= 11 is 2.21. The predicted octanol–water partition coefficient (Wildman–Crippen LogP) is 2.78. The molecule has 0 saturated carbocycles. The summed E-state index contributed by atoms with van der Waals surface area (Å²) in [6.07, 6.45) is 1.65. The lowest BCUT2D eigenvalue weighted by Crippen LogP contribution is -1.95. The number of carbonyl (C=O) groups is 1. The Bertz CT molecular complexity index is 338. The van der Waals surface area contributed by atoms with Crippen LogP contribution in [0, 0.1) is 3.57 Å². The number of benzene rings is 1. The highest BCUT2D eigenvalue weighted by Crippen LogP contribution is 2.10. The Morgan fingerprint density at radius 2 is 1.92 bits per heavy atom. The Hall–Kier alpha value is -0.840. The third kappa shape index (κ3) is 3.18. The molecule has 2 nitrogen and oxygen atoms in total. The second kappa shape index (κ2) is 4.41. The van der Waals surface area contributed by atoms with Gasteiger partial charge in [0, 0.05) is 9.14 Å². The zero-order valence-electron chi connectivity index (χ0n) is 7.12. The maximum atomic E-state index is 10.5. The summed E-state index contributed by atoms with van der Waals surface area (Å²) in [6.45, 7) is 1.58. The standard InChI is InChI=1S/C10H9IO2/c1-7(10(12)13)6-8-2-4-9(11)5-3-8/h2-6H,1H3,(H,12,13)/b7-6-. The molecule has 0 heterocycles. The molecule has 13 heavy (non-hydrogen) atoms. The molecule has 0 fully saturated rings. The van der Waals surface area contributed by atoms with Gasteiger partial charge < -0.3 is 5.11 Å². The molecule has 3 heteroatoms. The fourth-order valence-corrected chi connectivity index (χ4v) is 1.23. The van der Waals surface area contributed by atoms with Gasteiger partial charge in [-0.15, -0.1) is 0 Å². The molecule has 0 aliphatic carbocycles. The van der Waals surface area contributed by atoms with Crippen molar-refractivity contribution in [1.82, 2.24) is 0 Å². The number of carboxylic acid groups (broad SMARTS) is 1. The van der Waals surface area contributed by atoms with Crippen molar-refractivity contribution in [1.29, 1.82) is 0 Å². The van der Waals surface area contributed by atoms with Crippen LogP contribution in [0.5, 0.6) is 0 Å². The summed E-state index contributed by atoms with van der Waals surface area (Å²) in [4.78, 5) is 10.5. The van der Waals surface area contributed by atoms with Crippen LogP contribution in [-0.2, 0) is 4.79 Å². The molecular weight excluding hydrogens is 279 g/mol. The fourth-order valence-electron chi connectivity index (χ4n) is 0.871. The molecule has 0 spiro atoms. The van der Waals surface area contributed by atoms with E-state index in [9.17, 15) is 4.79 Å². The molecule has 0 saturated heterocycles. The van der Waals surface area contributed by atoms with Crippen molar-refractivity contribution in [3.05, 3.63) is 39.0 Å². The first-order valence-corrected chi connectivity index (χ1v) is 4.84.